The number of carboxylic acid groups (broad SMARTS) is 1. The van der Waals surface area contributed by atoms with Gasteiger partial charge in [0.25, 0.3) is 5.91 Å². The molecule has 3 aromatic rings. The van der Waals surface area contributed by atoms with Gasteiger partial charge in [-0.05, 0) is 68.4 Å². The highest BCUT2D eigenvalue weighted by atomic mass is 19.2. The molecule has 2 N–H and O–H groups in total. The van der Waals surface area contributed by atoms with Crippen LogP contribution < -0.4 is 10.1 Å². The molecular formula is C31H35F2NO4. The van der Waals surface area contributed by atoms with E-state index in [1.54, 1.807) is 12.1 Å². The number of hydrogen-bond acceptors (Lipinski definition) is 3. The number of amides is 1. The molecule has 1 atom stereocenters. The van der Waals surface area contributed by atoms with E-state index in [2.05, 4.69) is 37.4 Å². The van der Waals surface area contributed by atoms with Crippen molar-refractivity contribution in [2.45, 2.75) is 66.5 Å². The van der Waals surface area contributed by atoms with Crippen molar-refractivity contribution >= 4 is 11.9 Å². The lowest BCUT2D eigenvalue weighted by Gasteiger charge is -2.23. The van der Waals surface area contributed by atoms with E-state index in [0.29, 0.717) is 23.7 Å². The molecule has 0 saturated carbocycles. The number of hydrogen-bond donors (Lipinski definition) is 2. The molecule has 0 heterocycles. The van der Waals surface area contributed by atoms with E-state index < -0.39 is 17.6 Å². The summed E-state index contributed by atoms with van der Waals surface area (Å²) in [7, 11) is 0. The van der Waals surface area contributed by atoms with Crippen molar-refractivity contribution < 1.29 is 28.2 Å². The van der Waals surface area contributed by atoms with Gasteiger partial charge in [0, 0.05) is 17.5 Å². The lowest BCUT2D eigenvalue weighted by atomic mass is 9.93. The van der Waals surface area contributed by atoms with Gasteiger partial charge in [0.2, 0.25) is 0 Å². The fourth-order valence-electron chi connectivity index (χ4n) is 4.47. The number of carbonyl (C=O) groups excluding carboxylic acids is 1. The van der Waals surface area contributed by atoms with Crippen molar-refractivity contribution in [3.05, 3.63) is 99.1 Å². The Morgan fingerprint density at radius 2 is 1.58 bits per heavy atom. The zero-order chi connectivity index (χ0) is 28.0. The zero-order valence-corrected chi connectivity index (χ0v) is 22.5. The highest BCUT2D eigenvalue weighted by Crippen LogP contribution is 2.27. The molecule has 3 rings (SSSR count). The smallest absolute Gasteiger partial charge is 0.303 e. The van der Waals surface area contributed by atoms with Gasteiger partial charge in [0.1, 0.15) is 12.4 Å². The van der Waals surface area contributed by atoms with Crippen LogP contribution >= 0.6 is 0 Å². The number of benzene rings is 3. The molecule has 1 unspecified atom stereocenters. The van der Waals surface area contributed by atoms with Crippen LogP contribution in [0.4, 0.5) is 8.78 Å². The van der Waals surface area contributed by atoms with Crippen LogP contribution in [0.3, 0.4) is 0 Å². The van der Waals surface area contributed by atoms with Gasteiger partial charge < -0.3 is 15.2 Å². The van der Waals surface area contributed by atoms with Crippen LogP contribution in [0.15, 0.2) is 48.5 Å². The van der Waals surface area contributed by atoms with Crippen molar-refractivity contribution in [2.24, 2.45) is 5.92 Å². The van der Waals surface area contributed by atoms with Crippen molar-refractivity contribution in [3.63, 3.8) is 0 Å². The van der Waals surface area contributed by atoms with Crippen LogP contribution in [0.2, 0.25) is 0 Å². The number of carboxylic acids is 1. The lowest BCUT2D eigenvalue weighted by molar-refractivity contribution is -0.136. The number of aryl methyl sites for hydroxylation is 4. The molecule has 0 fully saturated rings. The summed E-state index contributed by atoms with van der Waals surface area (Å²) in [6.45, 7) is 9.45. The number of ether oxygens (including phenoxy) is 1. The fraction of sp³-hybridized carbons (Fsp3) is 0.355. The Labute approximate surface area is 222 Å². The van der Waals surface area contributed by atoms with E-state index in [-0.39, 0.29) is 48.1 Å². The third kappa shape index (κ3) is 7.63. The van der Waals surface area contributed by atoms with Gasteiger partial charge in [0.15, 0.2) is 11.6 Å². The van der Waals surface area contributed by atoms with E-state index in [1.165, 1.54) is 25.1 Å². The Hall–Kier alpha value is -3.74. The molecule has 7 heteroatoms. The summed E-state index contributed by atoms with van der Waals surface area (Å²) >= 11 is 0. The van der Waals surface area contributed by atoms with Crippen LogP contribution in [0, 0.1) is 38.3 Å². The third-order valence-corrected chi connectivity index (χ3v) is 6.34. The van der Waals surface area contributed by atoms with Gasteiger partial charge >= 0.3 is 5.97 Å². The van der Waals surface area contributed by atoms with Crippen LogP contribution in [-0.4, -0.2) is 17.0 Å². The first-order valence-corrected chi connectivity index (χ1v) is 12.7. The monoisotopic (exact) mass is 523 g/mol. The molecule has 0 spiro atoms. The fourth-order valence-corrected chi connectivity index (χ4v) is 4.47. The summed E-state index contributed by atoms with van der Waals surface area (Å²) in [5.74, 6) is -2.60. The molecule has 0 aliphatic carbocycles. The summed E-state index contributed by atoms with van der Waals surface area (Å²) in [6.07, 6.45) is 0.739. The molecular weight excluding hydrogens is 488 g/mol. The van der Waals surface area contributed by atoms with Crippen molar-refractivity contribution in [3.8, 4) is 5.75 Å². The van der Waals surface area contributed by atoms with Gasteiger partial charge in [0.05, 0.1) is 6.04 Å². The van der Waals surface area contributed by atoms with E-state index in [1.807, 2.05) is 13.8 Å². The average molecular weight is 524 g/mol. The number of halogens is 2. The number of carbonyl (C=O) groups is 2. The zero-order valence-electron chi connectivity index (χ0n) is 22.5. The molecule has 0 aliphatic rings. The lowest BCUT2D eigenvalue weighted by Crippen LogP contribution is -2.30. The Kier molecular flexibility index (Phi) is 9.61. The maximum atomic E-state index is 14.3. The molecule has 0 saturated heterocycles. The van der Waals surface area contributed by atoms with Gasteiger partial charge in [-0.15, -0.1) is 0 Å². The minimum Gasteiger partial charge on any atom is -0.489 e. The minimum absolute atomic E-state index is 0.0564. The summed E-state index contributed by atoms with van der Waals surface area (Å²) in [5, 5.41) is 12.3. The topological polar surface area (TPSA) is 75.6 Å². The molecule has 5 nitrogen and oxygen atoms in total. The maximum Gasteiger partial charge on any atom is 0.303 e. The molecule has 0 aromatic heterocycles. The summed E-state index contributed by atoms with van der Waals surface area (Å²) < 4.78 is 34.0. The number of nitrogens with one attached hydrogen (secondary N) is 1. The Morgan fingerprint density at radius 1 is 0.921 bits per heavy atom. The largest absolute Gasteiger partial charge is 0.489 e. The SMILES string of the molecule is Cc1cc(C)cc(C(CC(C)C)NC(=O)c2cc(OCc3ccc(C)c(F)c3F)ccc2CCC(=O)O)c1. The van der Waals surface area contributed by atoms with Gasteiger partial charge in [-0.2, -0.15) is 0 Å². The van der Waals surface area contributed by atoms with E-state index in [4.69, 9.17) is 4.74 Å². The van der Waals surface area contributed by atoms with Crippen LogP contribution in [0.25, 0.3) is 0 Å². The van der Waals surface area contributed by atoms with Gasteiger partial charge in [-0.3, -0.25) is 9.59 Å². The second-order valence-corrected chi connectivity index (χ2v) is 10.2. The molecule has 1 amide bonds. The maximum absolute atomic E-state index is 14.3. The first-order chi connectivity index (χ1) is 17.9. The summed E-state index contributed by atoms with van der Waals surface area (Å²) in [4.78, 5) is 24.8. The quantitative estimate of drug-likeness (QED) is 0.284. The standard InChI is InChI=1S/C31H35F2NO4/c1-18(2)12-27(24-14-19(3)13-20(4)15-24)34-31(37)26-16-25(10-8-22(26)9-11-28(35)36)38-17-23-7-6-21(5)29(32)30(23)33/h6-8,10,13-16,18,27H,9,11-12,17H2,1-5H3,(H,34,37)(H,35,36). The second kappa shape index (κ2) is 12.7. The van der Waals surface area contributed by atoms with E-state index in [0.717, 1.165) is 16.7 Å². The summed E-state index contributed by atoms with van der Waals surface area (Å²) in [6, 6.07) is 13.7. The highest BCUT2D eigenvalue weighted by molar-refractivity contribution is 5.96. The van der Waals surface area contributed by atoms with E-state index in [9.17, 15) is 23.5 Å². The first-order valence-electron chi connectivity index (χ1n) is 12.7. The normalized spacial score (nSPS) is 11.9. The average Bonchev–Trinajstić information content (AvgIpc) is 2.84. The summed E-state index contributed by atoms with van der Waals surface area (Å²) in [5.41, 5.74) is 4.31. The Balaban J connectivity index is 1.90. The highest BCUT2D eigenvalue weighted by Gasteiger charge is 2.21. The van der Waals surface area contributed by atoms with E-state index >= 15 is 0 Å². The van der Waals surface area contributed by atoms with Crippen molar-refractivity contribution in [2.75, 3.05) is 0 Å². The minimum atomic E-state index is -0.971. The Morgan fingerprint density at radius 3 is 2.21 bits per heavy atom. The third-order valence-electron chi connectivity index (χ3n) is 6.34. The Bertz CT molecular complexity index is 1300. The molecule has 3 aromatic carbocycles. The predicted octanol–water partition coefficient (Wildman–Crippen LogP) is 7.00. The predicted molar refractivity (Wildman–Crippen MR) is 143 cm³/mol. The number of aliphatic carboxylic acids is 1. The van der Waals surface area contributed by atoms with Gasteiger partial charge in [-0.1, -0.05) is 61.4 Å². The van der Waals surface area contributed by atoms with Crippen LogP contribution in [0.5, 0.6) is 5.75 Å². The molecule has 38 heavy (non-hydrogen) atoms. The second-order valence-electron chi connectivity index (χ2n) is 10.2. The molecule has 0 radical (unpaired) electrons. The molecule has 0 bridgehead atoms. The van der Waals surface area contributed by atoms with Crippen molar-refractivity contribution in [1.29, 1.82) is 0 Å². The van der Waals surface area contributed by atoms with Gasteiger partial charge in [-0.25, -0.2) is 8.78 Å². The van der Waals surface area contributed by atoms with Crippen molar-refractivity contribution in [1.82, 2.24) is 5.32 Å². The molecule has 202 valence electrons. The van der Waals surface area contributed by atoms with Crippen LogP contribution in [0.1, 0.15) is 76.5 Å². The number of rotatable bonds is 11. The van der Waals surface area contributed by atoms with Crippen LogP contribution in [-0.2, 0) is 17.8 Å². The first kappa shape index (κ1) is 28.8. The molecule has 0 aliphatic heterocycles.